The Balaban J connectivity index is 1.70. The highest BCUT2D eigenvalue weighted by Gasteiger charge is 2.50. The number of aliphatic hydroxyl groups excluding tert-OH is 7. The molecule has 7 N–H and O–H groups in total. The van der Waals surface area contributed by atoms with Gasteiger partial charge in [-0.2, -0.15) is 0 Å². The van der Waals surface area contributed by atoms with E-state index in [9.17, 15) is 45.9 Å². The second kappa shape index (κ2) is 10.7. The maximum atomic E-state index is 10.8. The Bertz CT molecular complexity index is 829. The summed E-state index contributed by atoms with van der Waals surface area (Å²) in [6, 6.07) is 3.42. The molecule has 186 valence electrons. The molecule has 1 aromatic carbocycles. The van der Waals surface area contributed by atoms with Gasteiger partial charge in [-0.05, 0) is 6.07 Å². The van der Waals surface area contributed by atoms with Gasteiger partial charge in [0.15, 0.2) is 12.6 Å². The minimum atomic E-state index is -1.81. The largest absolute Gasteiger partial charge is 0.489 e. The van der Waals surface area contributed by atoms with Gasteiger partial charge < -0.3 is 54.7 Å². The molecule has 0 spiro atoms. The Hall–Kier alpha value is -1.69. The number of halogens is 1. The molecule has 0 saturated carbocycles. The SMILES string of the molecule is O=[N+]([O-])c1ccc(OC[C@H]2O[C@@H](O[C@H]3[C@H](O)[C@@H](O)[C@H](O)O[C@@H]3CO)[C@H](O)[C@@H](O)[C@@H]2O)c(Cl)c1. The van der Waals surface area contributed by atoms with Crippen LogP contribution in [0.3, 0.4) is 0 Å². The molecule has 10 atom stereocenters. The number of benzene rings is 1. The molecule has 2 fully saturated rings. The van der Waals surface area contributed by atoms with Crippen LogP contribution in [0.15, 0.2) is 18.2 Å². The lowest BCUT2D eigenvalue weighted by Crippen LogP contribution is -2.64. The van der Waals surface area contributed by atoms with Gasteiger partial charge >= 0.3 is 0 Å². The van der Waals surface area contributed by atoms with E-state index in [1.165, 1.54) is 6.07 Å². The average Bonchev–Trinajstić information content (AvgIpc) is 2.78. The molecule has 0 unspecified atom stereocenters. The van der Waals surface area contributed by atoms with Gasteiger partial charge in [0, 0.05) is 12.1 Å². The molecule has 14 nitrogen and oxygen atoms in total. The van der Waals surface area contributed by atoms with Crippen molar-refractivity contribution in [2.45, 2.75) is 61.4 Å². The van der Waals surface area contributed by atoms with E-state index in [4.69, 9.17) is 30.5 Å². The number of nitrogens with zero attached hydrogens (tertiary/aromatic N) is 1. The number of ether oxygens (including phenoxy) is 4. The Kier molecular flexibility index (Phi) is 8.41. The number of rotatable bonds is 7. The first-order valence-corrected chi connectivity index (χ1v) is 10.1. The average molecular weight is 498 g/mol. The third-order valence-electron chi connectivity index (χ3n) is 5.33. The zero-order chi connectivity index (χ0) is 24.4. The molecule has 33 heavy (non-hydrogen) atoms. The number of aliphatic hydroxyl groups is 7. The number of nitro benzene ring substituents is 1. The first-order chi connectivity index (χ1) is 15.5. The summed E-state index contributed by atoms with van der Waals surface area (Å²) in [6.07, 6.45) is -16.4. The van der Waals surface area contributed by atoms with E-state index in [0.717, 1.165) is 12.1 Å². The summed E-state index contributed by atoms with van der Waals surface area (Å²) in [4.78, 5) is 10.2. The van der Waals surface area contributed by atoms with Crippen LogP contribution in [-0.2, 0) is 14.2 Å². The highest BCUT2D eigenvalue weighted by Crippen LogP contribution is 2.31. The van der Waals surface area contributed by atoms with Gasteiger partial charge in [0.2, 0.25) is 0 Å². The maximum Gasteiger partial charge on any atom is 0.271 e. The van der Waals surface area contributed by atoms with Gasteiger partial charge in [0.05, 0.1) is 16.6 Å². The Morgan fingerprint density at radius 1 is 0.970 bits per heavy atom. The maximum absolute atomic E-state index is 10.8. The number of hydrogen-bond acceptors (Lipinski definition) is 13. The third kappa shape index (κ3) is 5.52. The monoisotopic (exact) mass is 497 g/mol. The molecule has 1 aromatic rings. The highest BCUT2D eigenvalue weighted by atomic mass is 35.5. The topological polar surface area (TPSA) is 222 Å². The van der Waals surface area contributed by atoms with E-state index in [2.05, 4.69) is 0 Å². The molecule has 15 heteroatoms. The molecule has 0 radical (unpaired) electrons. The summed E-state index contributed by atoms with van der Waals surface area (Å²) < 4.78 is 21.3. The molecule has 0 amide bonds. The van der Waals surface area contributed by atoms with E-state index in [1.54, 1.807) is 0 Å². The van der Waals surface area contributed by atoms with Gasteiger partial charge in [0.25, 0.3) is 5.69 Å². The van der Waals surface area contributed by atoms with Crippen LogP contribution in [0, 0.1) is 10.1 Å². The van der Waals surface area contributed by atoms with Crippen molar-refractivity contribution in [3.63, 3.8) is 0 Å². The lowest BCUT2D eigenvalue weighted by molar-refractivity contribution is -0.384. The summed E-state index contributed by atoms with van der Waals surface area (Å²) in [6.45, 7) is -1.17. The second-order valence-corrected chi connectivity index (χ2v) is 7.93. The molecule has 0 bridgehead atoms. The van der Waals surface area contributed by atoms with Crippen molar-refractivity contribution in [2.75, 3.05) is 13.2 Å². The van der Waals surface area contributed by atoms with Crippen molar-refractivity contribution in [2.24, 2.45) is 0 Å². The Morgan fingerprint density at radius 3 is 2.27 bits per heavy atom. The zero-order valence-electron chi connectivity index (χ0n) is 16.8. The standard InChI is InChI=1S/C18H24ClNO13/c19-7-3-6(20(28)29)1-2-8(7)30-5-10-11(22)12(23)15(26)18(32-10)33-16-9(4-21)31-17(27)14(25)13(16)24/h1-3,9-18,21-27H,4-5H2/t9-,10-,11-,12+,13-,14-,15-,16-,17-,18+/m1/s1. The lowest BCUT2D eigenvalue weighted by atomic mass is 9.97. The van der Waals surface area contributed by atoms with Crippen LogP contribution in [0.2, 0.25) is 5.02 Å². The van der Waals surface area contributed by atoms with Gasteiger partial charge in [-0.3, -0.25) is 10.1 Å². The minimum Gasteiger partial charge on any atom is -0.489 e. The molecule has 0 aliphatic carbocycles. The molecule has 3 rings (SSSR count). The predicted molar refractivity (Wildman–Crippen MR) is 105 cm³/mol. The summed E-state index contributed by atoms with van der Waals surface area (Å²) >= 11 is 5.95. The Labute approximate surface area is 191 Å². The van der Waals surface area contributed by atoms with Crippen molar-refractivity contribution < 1.29 is 59.6 Å². The normalized spacial score (nSPS) is 39.3. The Morgan fingerprint density at radius 2 is 1.67 bits per heavy atom. The van der Waals surface area contributed by atoms with Crippen molar-refractivity contribution in [3.05, 3.63) is 33.3 Å². The van der Waals surface area contributed by atoms with Gasteiger partial charge in [-0.1, -0.05) is 11.6 Å². The van der Waals surface area contributed by atoms with Crippen molar-refractivity contribution in [1.82, 2.24) is 0 Å². The van der Waals surface area contributed by atoms with Gasteiger partial charge in [0.1, 0.15) is 61.2 Å². The minimum absolute atomic E-state index is 0.0182. The predicted octanol–water partition coefficient (Wildman–Crippen LogP) is -2.75. The highest BCUT2D eigenvalue weighted by molar-refractivity contribution is 6.32. The summed E-state index contributed by atoms with van der Waals surface area (Å²) in [5.41, 5.74) is -0.271. The summed E-state index contributed by atoms with van der Waals surface area (Å²) in [5.74, 6) is 0.0182. The number of hydrogen-bond donors (Lipinski definition) is 7. The first-order valence-electron chi connectivity index (χ1n) is 9.77. The van der Waals surface area contributed by atoms with Crippen molar-refractivity contribution >= 4 is 17.3 Å². The van der Waals surface area contributed by atoms with Crippen LogP contribution in [0.25, 0.3) is 0 Å². The fourth-order valence-electron chi connectivity index (χ4n) is 3.45. The number of non-ortho nitro benzene ring substituents is 1. The van der Waals surface area contributed by atoms with Crippen LogP contribution in [0.1, 0.15) is 0 Å². The quantitative estimate of drug-likeness (QED) is 0.150. The second-order valence-electron chi connectivity index (χ2n) is 7.53. The molecule has 2 heterocycles. The lowest BCUT2D eigenvalue weighted by Gasteiger charge is -2.45. The molecular weight excluding hydrogens is 474 g/mol. The molecule has 0 aromatic heterocycles. The third-order valence-corrected chi connectivity index (χ3v) is 5.62. The van der Waals surface area contributed by atoms with Crippen LogP contribution in [0.5, 0.6) is 5.75 Å². The van der Waals surface area contributed by atoms with Crippen LogP contribution >= 0.6 is 11.6 Å². The van der Waals surface area contributed by atoms with E-state index in [0.29, 0.717) is 0 Å². The first kappa shape index (κ1) is 25.9. The fourth-order valence-corrected chi connectivity index (χ4v) is 3.68. The summed E-state index contributed by atoms with van der Waals surface area (Å²) in [7, 11) is 0. The molecule has 2 aliphatic heterocycles. The molecule has 2 aliphatic rings. The van der Waals surface area contributed by atoms with E-state index in [-0.39, 0.29) is 16.5 Å². The van der Waals surface area contributed by atoms with Crippen molar-refractivity contribution in [3.8, 4) is 5.75 Å². The van der Waals surface area contributed by atoms with Gasteiger partial charge in [-0.15, -0.1) is 0 Å². The van der Waals surface area contributed by atoms with E-state index in [1.807, 2.05) is 0 Å². The molecular formula is C18H24ClNO13. The van der Waals surface area contributed by atoms with Gasteiger partial charge in [-0.25, -0.2) is 0 Å². The van der Waals surface area contributed by atoms with Crippen LogP contribution in [-0.4, -0.2) is 115 Å². The van der Waals surface area contributed by atoms with Crippen LogP contribution in [0.4, 0.5) is 5.69 Å². The van der Waals surface area contributed by atoms with E-state index >= 15 is 0 Å². The van der Waals surface area contributed by atoms with Crippen LogP contribution < -0.4 is 4.74 Å². The molecule has 2 saturated heterocycles. The van der Waals surface area contributed by atoms with Crippen molar-refractivity contribution in [1.29, 1.82) is 0 Å². The fraction of sp³-hybridized carbons (Fsp3) is 0.667. The zero-order valence-corrected chi connectivity index (χ0v) is 17.6. The smallest absolute Gasteiger partial charge is 0.271 e. The van der Waals surface area contributed by atoms with E-state index < -0.39 is 79.5 Å². The number of nitro groups is 1. The summed E-state index contributed by atoms with van der Waals surface area (Å²) in [5, 5.41) is 80.4.